The summed E-state index contributed by atoms with van der Waals surface area (Å²) in [4.78, 5) is 9.08. The Hall–Kier alpha value is -1.88. The number of rotatable bonds is 2. The number of pyridine rings is 1. The van der Waals surface area contributed by atoms with Crippen LogP contribution in [0.2, 0.25) is 0 Å². The number of hydrogen-bond donors (Lipinski definition) is 1. The van der Waals surface area contributed by atoms with Crippen LogP contribution in [0, 0.1) is 5.82 Å². The van der Waals surface area contributed by atoms with Gasteiger partial charge in [-0.25, -0.2) is 9.37 Å². The first-order chi connectivity index (χ1) is 9.69. The molecular formula is C15H19FN4. The van der Waals surface area contributed by atoms with Gasteiger partial charge in [0, 0.05) is 44.0 Å². The number of fused-ring (bicyclic) bond motifs is 1. The molecule has 106 valence electrons. The third kappa shape index (κ3) is 2.29. The van der Waals surface area contributed by atoms with Gasteiger partial charge < -0.3 is 15.1 Å². The van der Waals surface area contributed by atoms with Crippen LogP contribution >= 0.6 is 0 Å². The van der Waals surface area contributed by atoms with E-state index in [4.69, 9.17) is 0 Å². The van der Waals surface area contributed by atoms with Crippen LogP contribution in [-0.2, 0) is 0 Å². The molecule has 0 unspecified atom stereocenters. The monoisotopic (exact) mass is 274 g/mol. The van der Waals surface area contributed by atoms with E-state index in [1.165, 1.54) is 6.07 Å². The van der Waals surface area contributed by atoms with Crippen molar-refractivity contribution in [1.82, 2.24) is 9.88 Å². The van der Waals surface area contributed by atoms with Crippen LogP contribution in [-0.4, -0.2) is 50.2 Å². The largest absolute Gasteiger partial charge is 0.386 e. The third-order valence-corrected chi connectivity index (χ3v) is 3.90. The molecule has 1 aromatic heterocycles. The highest BCUT2D eigenvalue weighted by Crippen LogP contribution is 2.31. The minimum Gasteiger partial charge on any atom is -0.386 e. The second-order valence-corrected chi connectivity index (χ2v) is 5.23. The Balaban J connectivity index is 2.09. The van der Waals surface area contributed by atoms with Gasteiger partial charge in [-0.3, -0.25) is 0 Å². The average Bonchev–Trinajstić information content (AvgIpc) is 2.47. The van der Waals surface area contributed by atoms with Gasteiger partial charge in [-0.2, -0.15) is 0 Å². The molecule has 1 aromatic carbocycles. The van der Waals surface area contributed by atoms with Gasteiger partial charge in [0.1, 0.15) is 11.6 Å². The summed E-state index contributed by atoms with van der Waals surface area (Å²) in [5, 5.41) is 5.00. The summed E-state index contributed by atoms with van der Waals surface area (Å²) in [5.74, 6) is 0.662. The van der Waals surface area contributed by atoms with Crippen molar-refractivity contribution < 1.29 is 4.39 Å². The Bertz CT molecular complexity index is 621. The average molecular weight is 274 g/mol. The fraction of sp³-hybridized carbons (Fsp3) is 0.400. The van der Waals surface area contributed by atoms with Gasteiger partial charge in [0.25, 0.3) is 0 Å². The van der Waals surface area contributed by atoms with Crippen molar-refractivity contribution in [3.05, 3.63) is 30.2 Å². The molecule has 20 heavy (non-hydrogen) atoms. The Morgan fingerprint density at radius 1 is 1.15 bits per heavy atom. The predicted octanol–water partition coefficient (Wildman–Crippen LogP) is 2.17. The first kappa shape index (κ1) is 13.1. The summed E-state index contributed by atoms with van der Waals surface area (Å²) in [5.41, 5.74) is 0.929. The lowest BCUT2D eigenvalue weighted by Crippen LogP contribution is -2.44. The van der Waals surface area contributed by atoms with Crippen LogP contribution in [0.3, 0.4) is 0 Å². The van der Waals surface area contributed by atoms with Gasteiger partial charge in [0.15, 0.2) is 0 Å². The summed E-state index contributed by atoms with van der Waals surface area (Å²) in [6.45, 7) is 3.86. The second-order valence-electron chi connectivity index (χ2n) is 5.23. The van der Waals surface area contributed by atoms with E-state index >= 15 is 0 Å². The van der Waals surface area contributed by atoms with Crippen LogP contribution in [0.4, 0.5) is 15.9 Å². The molecule has 3 rings (SSSR count). The number of nitrogens with one attached hydrogen (secondary N) is 1. The van der Waals surface area contributed by atoms with E-state index in [0.29, 0.717) is 0 Å². The van der Waals surface area contributed by atoms with Gasteiger partial charge in [-0.15, -0.1) is 0 Å². The van der Waals surface area contributed by atoms with Gasteiger partial charge >= 0.3 is 0 Å². The summed E-state index contributed by atoms with van der Waals surface area (Å²) in [7, 11) is 3.97. The number of benzene rings is 1. The zero-order valence-corrected chi connectivity index (χ0v) is 11.9. The maximum absolute atomic E-state index is 13.6. The standard InChI is InChI=1S/C15H19FN4/c1-17-14-10-18-15(20-7-5-19(2)6-8-20)13-9-11(16)3-4-12(13)14/h3-4,9-10,17H,5-8H2,1-2H3. The summed E-state index contributed by atoms with van der Waals surface area (Å²) in [6, 6.07) is 4.89. The van der Waals surface area contributed by atoms with Crippen LogP contribution in [0.15, 0.2) is 24.4 Å². The highest BCUT2D eigenvalue weighted by atomic mass is 19.1. The molecule has 1 N–H and O–H groups in total. The Kier molecular flexibility index (Phi) is 3.44. The number of halogens is 1. The normalized spacial score (nSPS) is 16.6. The quantitative estimate of drug-likeness (QED) is 0.909. The molecule has 1 aliphatic heterocycles. The molecule has 0 bridgehead atoms. The lowest BCUT2D eigenvalue weighted by atomic mass is 10.1. The predicted molar refractivity (Wildman–Crippen MR) is 81.0 cm³/mol. The fourth-order valence-electron chi connectivity index (χ4n) is 2.67. The zero-order valence-electron chi connectivity index (χ0n) is 11.9. The Labute approximate surface area is 118 Å². The first-order valence-electron chi connectivity index (χ1n) is 6.88. The van der Waals surface area contributed by atoms with E-state index in [0.717, 1.165) is 48.5 Å². The van der Waals surface area contributed by atoms with Crippen LogP contribution in [0.1, 0.15) is 0 Å². The van der Waals surface area contributed by atoms with Crippen molar-refractivity contribution in [1.29, 1.82) is 0 Å². The highest BCUT2D eigenvalue weighted by molar-refractivity contribution is 6.00. The van der Waals surface area contributed by atoms with Gasteiger partial charge in [0.05, 0.1) is 11.9 Å². The van der Waals surface area contributed by atoms with Crippen molar-refractivity contribution in [2.45, 2.75) is 0 Å². The number of hydrogen-bond acceptors (Lipinski definition) is 4. The van der Waals surface area contributed by atoms with Crippen LogP contribution in [0.25, 0.3) is 10.8 Å². The van der Waals surface area contributed by atoms with Crippen molar-refractivity contribution in [3.63, 3.8) is 0 Å². The maximum Gasteiger partial charge on any atom is 0.136 e. The van der Waals surface area contributed by atoms with E-state index in [9.17, 15) is 4.39 Å². The molecule has 0 amide bonds. The molecule has 1 saturated heterocycles. The molecule has 0 aliphatic carbocycles. The van der Waals surface area contributed by atoms with E-state index in [2.05, 4.69) is 27.1 Å². The molecule has 0 saturated carbocycles. The van der Waals surface area contributed by atoms with Crippen molar-refractivity contribution in [2.75, 3.05) is 50.5 Å². The van der Waals surface area contributed by atoms with Crippen molar-refractivity contribution in [2.24, 2.45) is 0 Å². The molecule has 4 nitrogen and oxygen atoms in total. The number of nitrogens with zero attached hydrogens (tertiary/aromatic N) is 3. The van der Waals surface area contributed by atoms with Gasteiger partial charge in [-0.05, 0) is 25.2 Å². The fourth-order valence-corrected chi connectivity index (χ4v) is 2.67. The summed E-state index contributed by atoms with van der Waals surface area (Å²) in [6.07, 6.45) is 1.83. The van der Waals surface area contributed by atoms with Crippen LogP contribution < -0.4 is 10.2 Å². The lowest BCUT2D eigenvalue weighted by molar-refractivity contribution is 0.312. The van der Waals surface area contributed by atoms with Crippen molar-refractivity contribution >= 4 is 22.3 Å². The zero-order chi connectivity index (χ0) is 14.1. The van der Waals surface area contributed by atoms with Gasteiger partial charge in [0.2, 0.25) is 0 Å². The summed E-state index contributed by atoms with van der Waals surface area (Å²) >= 11 is 0. The highest BCUT2D eigenvalue weighted by Gasteiger charge is 2.18. The van der Waals surface area contributed by atoms with E-state index < -0.39 is 0 Å². The maximum atomic E-state index is 13.6. The minimum atomic E-state index is -0.220. The van der Waals surface area contributed by atoms with Gasteiger partial charge in [-0.1, -0.05) is 0 Å². The number of piperazine rings is 1. The minimum absolute atomic E-state index is 0.220. The second kappa shape index (κ2) is 5.25. The molecule has 1 aliphatic rings. The SMILES string of the molecule is CNc1cnc(N2CCN(C)CC2)c2cc(F)ccc12. The number of aromatic nitrogens is 1. The smallest absolute Gasteiger partial charge is 0.136 e. The molecule has 2 aromatic rings. The molecular weight excluding hydrogens is 255 g/mol. The first-order valence-corrected chi connectivity index (χ1v) is 6.88. The Morgan fingerprint density at radius 2 is 1.90 bits per heavy atom. The molecule has 0 radical (unpaired) electrons. The molecule has 0 spiro atoms. The summed E-state index contributed by atoms with van der Waals surface area (Å²) < 4.78 is 13.6. The van der Waals surface area contributed by atoms with E-state index in [-0.39, 0.29) is 5.82 Å². The van der Waals surface area contributed by atoms with Crippen molar-refractivity contribution in [3.8, 4) is 0 Å². The molecule has 2 heterocycles. The van der Waals surface area contributed by atoms with E-state index in [1.807, 2.05) is 19.3 Å². The lowest BCUT2D eigenvalue weighted by Gasteiger charge is -2.34. The molecule has 1 fully saturated rings. The van der Waals surface area contributed by atoms with Crippen LogP contribution in [0.5, 0.6) is 0 Å². The number of anilines is 2. The van der Waals surface area contributed by atoms with E-state index in [1.54, 1.807) is 6.07 Å². The molecule has 0 atom stereocenters. The third-order valence-electron chi connectivity index (χ3n) is 3.90. The molecule has 5 heteroatoms. The Morgan fingerprint density at radius 3 is 2.60 bits per heavy atom. The topological polar surface area (TPSA) is 31.4 Å². The number of likely N-dealkylation sites (N-methyl/N-ethyl adjacent to an activating group) is 1.